The average molecular weight is 156 g/mol. The molecule has 1 nitrogen and oxygen atoms in total. The Morgan fingerprint density at radius 1 is 1.18 bits per heavy atom. The van der Waals surface area contributed by atoms with Crippen molar-refractivity contribution in [1.82, 2.24) is 0 Å². The maximum atomic E-state index is 11.6. The van der Waals surface area contributed by atoms with E-state index in [1.54, 1.807) is 0 Å². The fraction of sp³-hybridized carbons (Fsp3) is 0.125. The lowest BCUT2D eigenvalue weighted by atomic mass is 10.2. The number of benzene rings is 1. The van der Waals surface area contributed by atoms with Crippen LogP contribution < -0.4 is 4.74 Å². The zero-order valence-electron chi connectivity index (χ0n) is 5.63. The third-order valence-electron chi connectivity index (χ3n) is 1.11. The highest BCUT2D eigenvalue weighted by Gasteiger charge is 2.01. The van der Waals surface area contributed by atoms with Crippen LogP contribution in [0.3, 0.4) is 0 Å². The van der Waals surface area contributed by atoms with E-state index in [0.29, 0.717) is 5.56 Å². The van der Waals surface area contributed by atoms with Gasteiger partial charge in [-0.05, 0) is 24.6 Å². The number of hydrogen-bond acceptors (Lipinski definition) is 1. The van der Waals surface area contributed by atoms with Crippen molar-refractivity contribution in [3.63, 3.8) is 0 Å². The summed E-state index contributed by atoms with van der Waals surface area (Å²) in [5.41, 5.74) is 0.520. The fourth-order valence-corrected chi connectivity index (χ4v) is 0.649. The Morgan fingerprint density at radius 3 is 2.18 bits per heavy atom. The second-order valence-corrected chi connectivity index (χ2v) is 1.95. The van der Waals surface area contributed by atoms with Crippen LogP contribution in [0.5, 0.6) is 5.75 Å². The van der Waals surface area contributed by atoms with Crippen molar-refractivity contribution < 1.29 is 13.5 Å². The van der Waals surface area contributed by atoms with Crippen LogP contribution in [0.1, 0.15) is 5.56 Å². The Bertz CT molecular complexity index is 218. The Hall–Kier alpha value is -1.12. The first kappa shape index (κ1) is 7.98. The zero-order chi connectivity index (χ0) is 8.27. The van der Waals surface area contributed by atoms with E-state index in [1.165, 1.54) is 24.3 Å². The number of halogens is 2. The zero-order valence-corrected chi connectivity index (χ0v) is 5.63. The van der Waals surface area contributed by atoms with Crippen molar-refractivity contribution in [2.24, 2.45) is 0 Å². The molecule has 2 radical (unpaired) electrons. The summed E-state index contributed by atoms with van der Waals surface area (Å²) in [7, 11) is 0. The van der Waals surface area contributed by atoms with Gasteiger partial charge >= 0.3 is 6.61 Å². The van der Waals surface area contributed by atoms with Gasteiger partial charge < -0.3 is 4.74 Å². The molecule has 0 saturated carbocycles. The minimum Gasteiger partial charge on any atom is -0.435 e. The van der Waals surface area contributed by atoms with Crippen molar-refractivity contribution in [2.45, 2.75) is 6.61 Å². The molecule has 0 heterocycles. The molecule has 0 aliphatic carbocycles. The van der Waals surface area contributed by atoms with E-state index < -0.39 is 6.61 Å². The lowest BCUT2D eigenvalue weighted by Crippen LogP contribution is -2.01. The van der Waals surface area contributed by atoms with Gasteiger partial charge in [0.15, 0.2) is 0 Å². The van der Waals surface area contributed by atoms with Crippen LogP contribution in [-0.2, 0) is 0 Å². The quantitative estimate of drug-likeness (QED) is 0.638. The highest BCUT2D eigenvalue weighted by atomic mass is 19.3. The van der Waals surface area contributed by atoms with Crippen LogP contribution >= 0.6 is 0 Å². The maximum absolute atomic E-state index is 11.6. The average Bonchev–Trinajstić information content (AvgIpc) is 1.93. The molecular weight excluding hydrogens is 150 g/mol. The molecule has 0 amide bonds. The summed E-state index contributed by atoms with van der Waals surface area (Å²) in [5, 5.41) is 0. The fourth-order valence-electron chi connectivity index (χ4n) is 0.649. The summed E-state index contributed by atoms with van der Waals surface area (Å²) in [4.78, 5) is 0. The van der Waals surface area contributed by atoms with Gasteiger partial charge in [-0.25, -0.2) is 0 Å². The monoisotopic (exact) mass is 156 g/mol. The molecule has 0 aliphatic rings. The van der Waals surface area contributed by atoms with Crippen molar-refractivity contribution in [3.05, 3.63) is 36.8 Å². The summed E-state index contributed by atoms with van der Waals surface area (Å²) >= 11 is 0. The lowest BCUT2D eigenvalue weighted by Gasteiger charge is -2.02. The summed E-state index contributed by atoms with van der Waals surface area (Å²) in [6, 6.07) is 5.78. The van der Waals surface area contributed by atoms with E-state index in [9.17, 15) is 8.78 Å². The Labute approximate surface area is 63.6 Å². The molecule has 1 aromatic rings. The summed E-state index contributed by atoms with van der Waals surface area (Å²) in [6.45, 7) is 2.54. The first-order valence-electron chi connectivity index (χ1n) is 2.99. The standard InChI is InChI=1S/C8H6F2O/c1-6-2-4-7(5-3-6)11-8(9)10/h1-5,8H. The molecular formula is C8H6F2O. The number of ether oxygens (including phenoxy) is 1. The lowest BCUT2D eigenvalue weighted by molar-refractivity contribution is -0.0498. The molecule has 3 heteroatoms. The van der Waals surface area contributed by atoms with Crippen LogP contribution in [0.25, 0.3) is 0 Å². The van der Waals surface area contributed by atoms with Gasteiger partial charge in [0.25, 0.3) is 0 Å². The molecule has 1 aromatic carbocycles. The smallest absolute Gasteiger partial charge is 0.387 e. The SMILES string of the molecule is [CH]c1ccc(OC(F)F)cc1. The number of rotatable bonds is 2. The van der Waals surface area contributed by atoms with Crippen molar-refractivity contribution in [1.29, 1.82) is 0 Å². The van der Waals surface area contributed by atoms with Gasteiger partial charge in [0.1, 0.15) is 5.75 Å². The molecule has 0 fully saturated rings. The molecule has 0 N–H and O–H groups in total. The Kier molecular flexibility index (Phi) is 2.41. The molecule has 0 saturated heterocycles. The number of alkyl halides is 2. The van der Waals surface area contributed by atoms with E-state index in [2.05, 4.69) is 4.74 Å². The largest absolute Gasteiger partial charge is 0.435 e. The summed E-state index contributed by atoms with van der Waals surface area (Å²) in [5.74, 6) is 0.120. The molecule has 0 bridgehead atoms. The molecule has 0 unspecified atom stereocenters. The van der Waals surface area contributed by atoms with Crippen molar-refractivity contribution in [3.8, 4) is 5.75 Å². The van der Waals surface area contributed by atoms with Gasteiger partial charge in [0, 0.05) is 0 Å². The highest BCUT2D eigenvalue weighted by Crippen LogP contribution is 2.13. The van der Waals surface area contributed by atoms with Crippen molar-refractivity contribution >= 4 is 0 Å². The third kappa shape index (κ3) is 2.53. The first-order valence-corrected chi connectivity index (χ1v) is 2.99. The van der Waals surface area contributed by atoms with Gasteiger partial charge in [-0.3, -0.25) is 0 Å². The van der Waals surface area contributed by atoms with Crippen LogP contribution in [0, 0.1) is 6.92 Å². The van der Waals surface area contributed by atoms with Crippen molar-refractivity contribution in [2.75, 3.05) is 0 Å². The van der Waals surface area contributed by atoms with Gasteiger partial charge in [-0.15, -0.1) is 0 Å². The van der Waals surface area contributed by atoms with E-state index >= 15 is 0 Å². The van der Waals surface area contributed by atoms with Crippen LogP contribution in [0.15, 0.2) is 24.3 Å². The van der Waals surface area contributed by atoms with Gasteiger partial charge in [0.2, 0.25) is 0 Å². The molecule has 0 atom stereocenters. The van der Waals surface area contributed by atoms with E-state index in [4.69, 9.17) is 6.92 Å². The Morgan fingerprint density at radius 2 is 1.73 bits per heavy atom. The second-order valence-electron chi connectivity index (χ2n) is 1.95. The molecule has 0 aromatic heterocycles. The van der Waals surface area contributed by atoms with Gasteiger partial charge in [0.05, 0.1) is 0 Å². The predicted octanol–water partition coefficient (Wildman–Crippen LogP) is 2.35. The topological polar surface area (TPSA) is 9.23 Å². The van der Waals surface area contributed by atoms with Gasteiger partial charge in [-0.1, -0.05) is 12.1 Å². The second kappa shape index (κ2) is 3.32. The predicted molar refractivity (Wildman–Crippen MR) is 36.5 cm³/mol. The van der Waals surface area contributed by atoms with E-state index in [1.807, 2.05) is 0 Å². The van der Waals surface area contributed by atoms with Gasteiger partial charge in [-0.2, -0.15) is 8.78 Å². The number of hydrogen-bond donors (Lipinski definition) is 0. The third-order valence-corrected chi connectivity index (χ3v) is 1.11. The minimum atomic E-state index is -2.78. The van der Waals surface area contributed by atoms with Crippen LogP contribution in [0.4, 0.5) is 8.78 Å². The molecule has 0 aliphatic heterocycles. The first-order chi connectivity index (χ1) is 5.18. The van der Waals surface area contributed by atoms with Crippen LogP contribution in [-0.4, -0.2) is 6.61 Å². The molecule has 0 spiro atoms. The molecule has 1 rings (SSSR count). The highest BCUT2D eigenvalue weighted by molar-refractivity contribution is 5.28. The van der Waals surface area contributed by atoms with Crippen LogP contribution in [0.2, 0.25) is 0 Å². The summed E-state index contributed by atoms with van der Waals surface area (Å²) < 4.78 is 27.2. The Balaban J connectivity index is 2.66. The molecule has 11 heavy (non-hydrogen) atoms. The van der Waals surface area contributed by atoms with E-state index in [0.717, 1.165) is 0 Å². The summed E-state index contributed by atoms with van der Waals surface area (Å²) in [6.07, 6.45) is 0. The van der Waals surface area contributed by atoms with E-state index in [-0.39, 0.29) is 5.75 Å². The maximum Gasteiger partial charge on any atom is 0.387 e. The molecule has 58 valence electrons. The minimum absolute atomic E-state index is 0.120. The normalized spacial score (nSPS) is 10.2.